The van der Waals surface area contributed by atoms with Crippen molar-refractivity contribution < 1.29 is 34.3 Å². The van der Waals surface area contributed by atoms with Crippen LogP contribution in [0, 0.1) is 0 Å². The molecule has 0 radical (unpaired) electrons. The highest BCUT2D eigenvalue weighted by atomic mass is 32.3. The van der Waals surface area contributed by atoms with E-state index in [2.05, 4.69) is 14.4 Å². The third kappa shape index (κ3) is 5.91. The molecule has 0 atom stereocenters. The molecule has 2 N–H and O–H groups in total. The number of aliphatic hydroxyl groups is 1. The Morgan fingerprint density at radius 1 is 1.25 bits per heavy atom. The highest BCUT2D eigenvalue weighted by Crippen LogP contribution is 2.03. The van der Waals surface area contributed by atoms with Crippen LogP contribution in [0.5, 0.6) is 0 Å². The van der Waals surface area contributed by atoms with Gasteiger partial charge < -0.3 is 9.29 Å². The van der Waals surface area contributed by atoms with E-state index in [0.717, 1.165) is 0 Å². The average Bonchev–Trinajstić information content (AvgIpc) is 1.48. The Balaban J connectivity index is 4.58. The van der Waals surface area contributed by atoms with Gasteiger partial charge in [-0.05, 0) is 6.58 Å². The first-order valence-corrected chi connectivity index (χ1v) is 4.83. The van der Waals surface area contributed by atoms with E-state index in [1.54, 1.807) is 0 Å². The molecule has 0 saturated carbocycles. The van der Waals surface area contributed by atoms with Crippen LogP contribution in [0.15, 0.2) is 12.5 Å². The van der Waals surface area contributed by atoms with Crippen molar-refractivity contribution in [1.82, 2.24) is 0 Å². The van der Waals surface area contributed by atoms with Crippen molar-refractivity contribution in [2.45, 2.75) is 0 Å². The smallest absolute Gasteiger partial charge is 0.468 e. The van der Waals surface area contributed by atoms with Crippen LogP contribution >= 0.6 is 0 Å². The first kappa shape index (κ1) is 11.2. The molecule has 0 bridgehead atoms. The third-order valence-electron chi connectivity index (χ3n) is 0.368. The quantitative estimate of drug-likeness (QED) is 0.460. The summed E-state index contributed by atoms with van der Waals surface area (Å²) in [6, 6.07) is 0. The highest BCUT2D eigenvalue weighted by molar-refractivity contribution is 7.94. The maximum absolute atomic E-state index is 10.3. The van der Waals surface area contributed by atoms with Gasteiger partial charge in [0, 0.05) is 0 Å². The van der Waals surface area contributed by atoms with Crippen molar-refractivity contribution in [3.05, 3.63) is 12.5 Å². The lowest BCUT2D eigenvalue weighted by molar-refractivity contribution is 0.197. The Labute approximate surface area is 68.3 Å². The van der Waals surface area contributed by atoms with Gasteiger partial charge in [0.1, 0.15) is 0 Å². The Morgan fingerprint density at radius 2 is 1.67 bits per heavy atom. The van der Waals surface area contributed by atoms with E-state index >= 15 is 0 Å². The summed E-state index contributed by atoms with van der Waals surface area (Å²) in [6.45, 7) is 2.57. The van der Waals surface area contributed by atoms with Crippen molar-refractivity contribution >= 4 is 20.8 Å². The fourth-order valence-corrected chi connectivity index (χ4v) is 1.43. The molecule has 0 aromatic carbocycles. The van der Waals surface area contributed by atoms with Gasteiger partial charge in [0.25, 0.3) is 5.95 Å². The van der Waals surface area contributed by atoms with Crippen LogP contribution in [0.25, 0.3) is 0 Å². The number of aliphatic hydroxyl groups excluding tert-OH is 1. The van der Waals surface area contributed by atoms with Crippen LogP contribution in [-0.2, 0) is 28.6 Å². The fourth-order valence-electron chi connectivity index (χ4n) is 0.237. The van der Waals surface area contributed by atoms with E-state index in [-0.39, 0.29) is 0 Å². The molecule has 0 rings (SSSR count). The van der Waals surface area contributed by atoms with E-state index in [4.69, 9.17) is 9.66 Å². The molecule has 10 heteroatoms. The van der Waals surface area contributed by atoms with Gasteiger partial charge in [-0.2, -0.15) is 16.8 Å². The molecule has 0 aromatic rings. The topological polar surface area (TPSA) is 127 Å². The molecule has 8 nitrogen and oxygen atoms in total. The summed E-state index contributed by atoms with van der Waals surface area (Å²) in [5.41, 5.74) is 0. The monoisotopic (exact) mass is 220 g/mol. The van der Waals surface area contributed by atoms with Gasteiger partial charge >= 0.3 is 20.8 Å². The summed E-state index contributed by atoms with van der Waals surface area (Å²) in [7, 11) is -10.2. The minimum absolute atomic E-state index is 1.29. The lowest BCUT2D eigenvalue weighted by Gasteiger charge is -2.00. The standard InChI is InChI=1S/C2H4O8S2/c1-2(3)9-12(7,8)10-11(4,5)6/h3H,1H2,(H,4,5,6). The number of rotatable bonds is 4. The Bertz CT molecular complexity index is 358. The summed E-state index contributed by atoms with van der Waals surface area (Å²) >= 11 is 0. The molecule has 0 saturated heterocycles. The first-order valence-electron chi connectivity index (χ1n) is 2.13. The van der Waals surface area contributed by atoms with Crippen molar-refractivity contribution in [2.24, 2.45) is 0 Å². The molecule has 0 heterocycles. The molecule has 0 amide bonds. The van der Waals surface area contributed by atoms with Gasteiger partial charge in [-0.15, -0.1) is 0 Å². The van der Waals surface area contributed by atoms with Crippen LogP contribution in [0.2, 0.25) is 0 Å². The minimum Gasteiger partial charge on any atom is -0.481 e. The van der Waals surface area contributed by atoms with Crippen molar-refractivity contribution in [1.29, 1.82) is 0 Å². The second kappa shape index (κ2) is 3.26. The molecule has 0 aliphatic carbocycles. The Hall–Kier alpha value is -0.840. The van der Waals surface area contributed by atoms with Gasteiger partial charge in [0.05, 0.1) is 0 Å². The summed E-state index contributed by atoms with van der Waals surface area (Å²) in [5.74, 6) is -1.29. The van der Waals surface area contributed by atoms with Gasteiger partial charge in [-0.25, -0.2) is 0 Å². The zero-order valence-electron chi connectivity index (χ0n) is 5.37. The molecule has 0 aliphatic rings. The van der Waals surface area contributed by atoms with Crippen molar-refractivity contribution in [3.63, 3.8) is 0 Å². The van der Waals surface area contributed by atoms with E-state index in [1.165, 1.54) is 0 Å². The van der Waals surface area contributed by atoms with E-state index < -0.39 is 26.7 Å². The van der Waals surface area contributed by atoms with Crippen LogP contribution < -0.4 is 0 Å². The lowest BCUT2D eigenvalue weighted by atomic mass is 11.1. The van der Waals surface area contributed by atoms with Gasteiger partial charge in [-0.1, -0.05) is 3.63 Å². The van der Waals surface area contributed by atoms with Crippen LogP contribution in [0.4, 0.5) is 0 Å². The minimum atomic E-state index is -5.19. The molecule has 0 unspecified atom stereocenters. The Kier molecular flexibility index (Phi) is 3.04. The molecule has 12 heavy (non-hydrogen) atoms. The third-order valence-corrected chi connectivity index (χ3v) is 2.12. The fraction of sp³-hybridized carbons (Fsp3) is 0. The molecule has 0 aromatic heterocycles. The normalized spacial score (nSPS) is 12.4. The second-order valence-corrected chi connectivity index (χ2v) is 3.76. The van der Waals surface area contributed by atoms with Gasteiger partial charge in [-0.3, -0.25) is 4.55 Å². The van der Waals surface area contributed by atoms with Crippen LogP contribution in [-0.4, -0.2) is 26.5 Å². The second-order valence-electron chi connectivity index (χ2n) is 1.38. The molecule has 0 spiro atoms. The van der Waals surface area contributed by atoms with E-state index in [0.29, 0.717) is 0 Å². The molecule has 0 aliphatic heterocycles. The maximum atomic E-state index is 10.3. The maximum Gasteiger partial charge on any atom is 0.468 e. The van der Waals surface area contributed by atoms with Crippen LogP contribution in [0.1, 0.15) is 0 Å². The zero-order valence-corrected chi connectivity index (χ0v) is 7.00. The Morgan fingerprint density at radius 3 is 1.92 bits per heavy atom. The predicted octanol–water partition coefficient (Wildman–Crippen LogP) is -0.904. The van der Waals surface area contributed by atoms with E-state index in [1.807, 2.05) is 0 Å². The summed E-state index contributed by atoms with van der Waals surface area (Å²) in [5, 5.41) is 8.13. The average molecular weight is 220 g/mol. The summed E-state index contributed by atoms with van der Waals surface area (Å²) in [6.07, 6.45) is 0. The summed E-state index contributed by atoms with van der Waals surface area (Å²) < 4.78 is 54.3. The number of hydrogen-bond acceptors (Lipinski definition) is 7. The number of hydrogen-bond donors (Lipinski definition) is 2. The molecule has 0 fully saturated rings. The van der Waals surface area contributed by atoms with E-state index in [9.17, 15) is 16.8 Å². The summed E-state index contributed by atoms with van der Waals surface area (Å²) in [4.78, 5) is 0. The lowest BCUT2D eigenvalue weighted by Crippen LogP contribution is -2.14. The van der Waals surface area contributed by atoms with Crippen LogP contribution in [0.3, 0.4) is 0 Å². The SMILES string of the molecule is C=C(O)OS(=O)(=O)OS(=O)(=O)O. The predicted molar refractivity (Wildman–Crippen MR) is 34.4 cm³/mol. The first-order chi connectivity index (χ1) is 5.12. The van der Waals surface area contributed by atoms with Crippen molar-refractivity contribution in [3.8, 4) is 0 Å². The zero-order chi connectivity index (χ0) is 9.99. The molecular formula is C2H4O8S2. The van der Waals surface area contributed by atoms with Gasteiger partial charge in [0.15, 0.2) is 0 Å². The van der Waals surface area contributed by atoms with Gasteiger partial charge in [0.2, 0.25) is 0 Å². The molecular weight excluding hydrogens is 216 g/mol. The highest BCUT2D eigenvalue weighted by Gasteiger charge is 2.22. The molecule has 72 valence electrons. The largest absolute Gasteiger partial charge is 0.481 e. The van der Waals surface area contributed by atoms with Crippen molar-refractivity contribution in [2.75, 3.05) is 0 Å².